The van der Waals surface area contributed by atoms with E-state index < -0.39 is 0 Å². The van der Waals surface area contributed by atoms with Crippen LogP contribution < -0.4 is 5.73 Å². The van der Waals surface area contributed by atoms with Gasteiger partial charge in [0.1, 0.15) is 0 Å². The third kappa shape index (κ3) is 6.05. The summed E-state index contributed by atoms with van der Waals surface area (Å²) in [6, 6.07) is 39.7. The van der Waals surface area contributed by atoms with E-state index in [1.165, 1.54) is 116 Å². The van der Waals surface area contributed by atoms with E-state index in [4.69, 9.17) is 10.7 Å². The maximum absolute atomic E-state index is 6.63. The van der Waals surface area contributed by atoms with E-state index in [2.05, 4.69) is 187 Å². The Labute approximate surface area is 377 Å². The van der Waals surface area contributed by atoms with Crippen LogP contribution in [0.4, 0.5) is 0 Å². The second-order valence-electron chi connectivity index (χ2n) is 20.5. The van der Waals surface area contributed by atoms with Gasteiger partial charge in [-0.05, 0) is 178 Å². The van der Waals surface area contributed by atoms with Crippen LogP contribution in [0.15, 0.2) is 133 Å². The van der Waals surface area contributed by atoms with Gasteiger partial charge in [-0.2, -0.15) is 0 Å². The van der Waals surface area contributed by atoms with E-state index in [1.807, 2.05) is 12.4 Å². The van der Waals surface area contributed by atoms with Crippen LogP contribution in [0, 0.1) is 6.92 Å². The third-order valence-electron chi connectivity index (χ3n) is 14.7. The number of allylic oxidation sites excluding steroid dienone is 3. The van der Waals surface area contributed by atoms with Gasteiger partial charge in [-0.25, -0.2) is 0 Å². The molecule has 0 unspecified atom stereocenters. The summed E-state index contributed by atoms with van der Waals surface area (Å²) in [7, 11) is 0. The normalized spacial score (nSPS) is 14.3. The maximum Gasteiger partial charge on any atom is 0.0674 e. The van der Waals surface area contributed by atoms with Crippen molar-refractivity contribution in [1.29, 1.82) is 0 Å². The Hall–Kier alpha value is -6.65. The number of nitrogens with two attached hydrogens (primary N) is 1. The fraction of sp³-hybridized carbons (Fsp3) is 0.250. The number of aryl methyl sites for hydroxylation is 5. The van der Waals surface area contributed by atoms with Gasteiger partial charge in [-0.15, -0.1) is 0 Å². The Morgan fingerprint density at radius 2 is 1.09 bits per heavy atom. The van der Waals surface area contributed by atoms with Crippen molar-refractivity contribution < 1.29 is 0 Å². The fourth-order valence-electron chi connectivity index (χ4n) is 11.1. The molecule has 6 aromatic carbocycles. The smallest absolute Gasteiger partial charge is 0.0674 e. The summed E-state index contributed by atoms with van der Waals surface area (Å²) in [6.07, 6.45) is 11.9. The zero-order valence-corrected chi connectivity index (χ0v) is 38.9. The van der Waals surface area contributed by atoms with Gasteiger partial charge in [-0.3, -0.25) is 4.98 Å². The van der Waals surface area contributed by atoms with Crippen molar-refractivity contribution in [3.63, 3.8) is 0 Å². The molecule has 0 saturated heterocycles. The van der Waals surface area contributed by atoms with Gasteiger partial charge in [0, 0.05) is 33.9 Å². The van der Waals surface area contributed by atoms with Crippen molar-refractivity contribution in [2.45, 2.75) is 98.8 Å². The first kappa shape index (κ1) is 40.1. The summed E-state index contributed by atoms with van der Waals surface area (Å²) in [4.78, 5) is 4.70. The zero-order valence-electron chi connectivity index (χ0n) is 38.9. The summed E-state index contributed by atoms with van der Waals surface area (Å²) < 4.78 is 5.01. The molecule has 0 bridgehead atoms. The highest BCUT2D eigenvalue weighted by Crippen LogP contribution is 2.52. The fourth-order valence-corrected chi connectivity index (χ4v) is 11.1. The van der Waals surface area contributed by atoms with Gasteiger partial charge in [-0.1, -0.05) is 108 Å². The number of fused-ring (bicyclic) bond motifs is 8. The van der Waals surface area contributed by atoms with Gasteiger partial charge in [0.2, 0.25) is 0 Å². The summed E-state index contributed by atoms with van der Waals surface area (Å²) in [6.45, 7) is 20.2. The average Bonchev–Trinajstić information content (AvgIpc) is 3.79. The van der Waals surface area contributed by atoms with Crippen molar-refractivity contribution in [1.82, 2.24) is 14.1 Å². The molecule has 0 saturated carbocycles. The molecule has 3 heterocycles. The highest BCUT2D eigenvalue weighted by Gasteiger charge is 2.33. The second kappa shape index (κ2) is 14.4. The first-order valence-corrected chi connectivity index (χ1v) is 23.2. The Morgan fingerprint density at radius 3 is 1.61 bits per heavy atom. The van der Waals surface area contributed by atoms with Crippen LogP contribution in [0.25, 0.3) is 88.4 Å². The molecule has 9 aromatic rings. The number of aromatic nitrogens is 3. The van der Waals surface area contributed by atoms with Crippen molar-refractivity contribution in [2.24, 2.45) is 5.73 Å². The van der Waals surface area contributed by atoms with Gasteiger partial charge in [0.15, 0.2) is 0 Å². The minimum Gasteiger partial charge on any atom is -0.403 e. The number of hydrogen-bond donors (Lipinski definition) is 1. The van der Waals surface area contributed by atoms with E-state index in [1.54, 1.807) is 0 Å². The Morgan fingerprint density at radius 1 is 0.594 bits per heavy atom. The first-order chi connectivity index (χ1) is 30.7. The zero-order chi connectivity index (χ0) is 44.4. The molecule has 4 nitrogen and oxygen atoms in total. The third-order valence-corrected chi connectivity index (χ3v) is 14.7. The van der Waals surface area contributed by atoms with Gasteiger partial charge in [0.05, 0.1) is 39.6 Å². The molecule has 64 heavy (non-hydrogen) atoms. The Balaban J connectivity index is 1.18. The molecule has 2 aliphatic rings. The quantitative estimate of drug-likeness (QED) is 0.176. The lowest BCUT2D eigenvalue weighted by molar-refractivity contribution is 0.590. The van der Waals surface area contributed by atoms with Crippen LogP contribution in [0.3, 0.4) is 0 Å². The van der Waals surface area contributed by atoms with Crippen molar-refractivity contribution in [3.05, 3.63) is 172 Å². The lowest BCUT2D eigenvalue weighted by Crippen LogP contribution is -2.16. The van der Waals surface area contributed by atoms with Crippen molar-refractivity contribution in [3.8, 4) is 39.1 Å². The topological polar surface area (TPSA) is 48.8 Å². The van der Waals surface area contributed by atoms with Crippen LogP contribution in [-0.4, -0.2) is 14.1 Å². The largest absolute Gasteiger partial charge is 0.403 e. The van der Waals surface area contributed by atoms with Crippen LogP contribution >= 0.6 is 0 Å². The molecule has 2 N–H and O–H groups in total. The molecular formula is C60H58N4. The standard InChI is InChI=1S/C60H58N4/c1-10-35(2)53(33-61)63-51-25-17-39(37-11-19-43(20-12-37)59(4,5)6)29-47(51)49-31-41-16-24-46-56-42(15-23-45(55(41)56)57(49)63)32-50-48-30-40(38-13-21-44(22-14-38)60(7,8)9)18-26-52(48)64(58(46)50)54-34-62-28-27-36(54)3/h10-14,17-22,25-34H,15-16,23-24,61H2,1-9H3/b35-10-,53-33+. The summed E-state index contributed by atoms with van der Waals surface area (Å²) in [5.74, 6) is 0. The van der Waals surface area contributed by atoms with Gasteiger partial charge in [0.25, 0.3) is 0 Å². The highest BCUT2D eigenvalue weighted by atomic mass is 15.0. The minimum absolute atomic E-state index is 0.105. The Kier molecular flexibility index (Phi) is 9.06. The number of pyridine rings is 1. The molecule has 4 heteroatoms. The molecule has 3 aromatic heterocycles. The lowest BCUT2D eigenvalue weighted by Gasteiger charge is -2.31. The number of rotatable bonds is 5. The minimum atomic E-state index is 0.105. The molecule has 0 amide bonds. The molecule has 11 rings (SSSR count). The highest BCUT2D eigenvalue weighted by molar-refractivity contribution is 6.17. The van der Waals surface area contributed by atoms with E-state index in [-0.39, 0.29) is 10.8 Å². The first-order valence-electron chi connectivity index (χ1n) is 23.2. The summed E-state index contributed by atoms with van der Waals surface area (Å²) >= 11 is 0. The van der Waals surface area contributed by atoms with Gasteiger partial charge >= 0.3 is 0 Å². The maximum atomic E-state index is 6.63. The van der Waals surface area contributed by atoms with E-state index in [9.17, 15) is 0 Å². The summed E-state index contributed by atoms with van der Waals surface area (Å²) in [5.41, 5.74) is 32.8. The molecular weight excluding hydrogens is 777 g/mol. The number of benzene rings is 6. The molecule has 318 valence electrons. The number of hydrogen-bond acceptors (Lipinski definition) is 2. The molecule has 0 fully saturated rings. The summed E-state index contributed by atoms with van der Waals surface area (Å²) in [5, 5.41) is 5.22. The molecule has 0 spiro atoms. The van der Waals surface area contributed by atoms with Crippen molar-refractivity contribution >= 4 is 49.3 Å². The van der Waals surface area contributed by atoms with Crippen LogP contribution in [0.1, 0.15) is 94.3 Å². The average molecular weight is 835 g/mol. The molecule has 0 radical (unpaired) electrons. The van der Waals surface area contributed by atoms with Crippen LogP contribution in [0.2, 0.25) is 0 Å². The van der Waals surface area contributed by atoms with E-state index in [0.29, 0.717) is 0 Å². The molecule has 0 aliphatic heterocycles. The van der Waals surface area contributed by atoms with Crippen LogP contribution in [-0.2, 0) is 36.5 Å². The lowest BCUT2D eigenvalue weighted by atomic mass is 9.74. The van der Waals surface area contributed by atoms with E-state index >= 15 is 0 Å². The predicted octanol–water partition coefficient (Wildman–Crippen LogP) is 15.1. The predicted molar refractivity (Wildman–Crippen MR) is 273 cm³/mol. The van der Waals surface area contributed by atoms with Crippen molar-refractivity contribution in [2.75, 3.05) is 0 Å². The van der Waals surface area contributed by atoms with Crippen LogP contribution in [0.5, 0.6) is 0 Å². The molecule has 0 atom stereocenters. The van der Waals surface area contributed by atoms with Gasteiger partial charge < -0.3 is 14.9 Å². The van der Waals surface area contributed by atoms with E-state index in [0.717, 1.165) is 42.6 Å². The SMILES string of the molecule is C/C=C(C)\C(=C/N)n1c2ccc(-c3ccc(C(C)(C)C)cc3)cc2c2cc3c4c(c21)CCc1cc2c5cc(-c6ccc(C(C)(C)C)cc6)ccc5n(-c5cnccc5C)c2c(c1-4)CC3. The number of nitrogens with zero attached hydrogens (tertiary/aromatic N) is 3. The Bertz CT molecular complexity index is 3460. The second-order valence-corrected chi connectivity index (χ2v) is 20.5. The monoisotopic (exact) mass is 834 g/mol. The molecule has 2 aliphatic carbocycles.